The second-order valence-corrected chi connectivity index (χ2v) is 4.70. The van der Waals surface area contributed by atoms with Crippen LogP contribution in [0.5, 0.6) is 0 Å². The van der Waals surface area contributed by atoms with E-state index in [1.165, 1.54) is 0 Å². The van der Waals surface area contributed by atoms with Crippen molar-refractivity contribution in [1.82, 2.24) is 9.97 Å². The normalized spacial score (nSPS) is 10.6. The van der Waals surface area contributed by atoms with Crippen molar-refractivity contribution >= 4 is 11.8 Å². The zero-order valence-corrected chi connectivity index (χ0v) is 12.4. The highest BCUT2D eigenvalue weighted by molar-refractivity contribution is 5.75. The predicted molar refractivity (Wildman–Crippen MR) is 75.4 cm³/mol. The first-order valence-electron chi connectivity index (χ1n) is 6.74. The van der Waals surface area contributed by atoms with Crippen LogP contribution in [0.1, 0.15) is 45.1 Å². The van der Waals surface area contributed by atoms with Crippen LogP contribution >= 0.6 is 0 Å². The molecule has 0 bridgehead atoms. The van der Waals surface area contributed by atoms with Crippen LogP contribution < -0.4 is 4.90 Å². The summed E-state index contributed by atoms with van der Waals surface area (Å²) in [6.07, 6.45) is 0. The summed E-state index contributed by atoms with van der Waals surface area (Å²) < 4.78 is 4.98. The van der Waals surface area contributed by atoms with E-state index in [9.17, 15) is 4.79 Å². The van der Waals surface area contributed by atoms with E-state index < -0.39 is 0 Å². The van der Waals surface area contributed by atoms with Crippen LogP contribution in [0.3, 0.4) is 0 Å². The molecule has 0 fully saturated rings. The topological polar surface area (TPSA) is 55.3 Å². The van der Waals surface area contributed by atoms with Crippen LogP contribution in [0.15, 0.2) is 6.07 Å². The van der Waals surface area contributed by atoms with Gasteiger partial charge in [-0.15, -0.1) is 0 Å². The first kappa shape index (κ1) is 15.4. The van der Waals surface area contributed by atoms with E-state index in [2.05, 4.69) is 23.8 Å². The smallest absolute Gasteiger partial charge is 0.325 e. The van der Waals surface area contributed by atoms with Gasteiger partial charge in [0.05, 0.1) is 6.61 Å². The molecule has 106 valence electrons. The zero-order valence-electron chi connectivity index (χ0n) is 12.4. The summed E-state index contributed by atoms with van der Waals surface area (Å²) in [6.45, 7) is 11.2. The third kappa shape index (κ3) is 4.50. The Morgan fingerprint density at radius 2 is 2.05 bits per heavy atom. The summed E-state index contributed by atoms with van der Waals surface area (Å²) in [5.41, 5.74) is 0.913. The van der Waals surface area contributed by atoms with Gasteiger partial charge in [-0.05, 0) is 20.8 Å². The van der Waals surface area contributed by atoms with Crippen LogP contribution in [-0.4, -0.2) is 35.6 Å². The number of esters is 1. The van der Waals surface area contributed by atoms with Crippen LogP contribution in [0.2, 0.25) is 0 Å². The Hall–Kier alpha value is -1.65. The molecule has 1 aromatic heterocycles. The highest BCUT2D eigenvalue weighted by atomic mass is 16.5. The number of carbonyl (C=O) groups is 1. The SMILES string of the molecule is CCOC(=O)CN(CC)c1cc(C)nc(C(C)C)n1. The maximum Gasteiger partial charge on any atom is 0.325 e. The van der Waals surface area contributed by atoms with Gasteiger partial charge in [0, 0.05) is 24.2 Å². The predicted octanol–water partition coefficient (Wildman–Crippen LogP) is 2.30. The highest BCUT2D eigenvalue weighted by Gasteiger charge is 2.14. The Kier molecular flexibility index (Phi) is 5.73. The second-order valence-electron chi connectivity index (χ2n) is 4.70. The second kappa shape index (κ2) is 7.07. The Morgan fingerprint density at radius 1 is 1.37 bits per heavy atom. The van der Waals surface area contributed by atoms with Gasteiger partial charge in [0.1, 0.15) is 18.2 Å². The Balaban J connectivity index is 2.94. The summed E-state index contributed by atoms with van der Waals surface area (Å²) in [4.78, 5) is 22.4. The number of aromatic nitrogens is 2. The number of hydrogen-bond donors (Lipinski definition) is 0. The van der Waals surface area contributed by atoms with Crippen molar-refractivity contribution in [2.24, 2.45) is 0 Å². The molecule has 1 heterocycles. The number of anilines is 1. The molecule has 0 unspecified atom stereocenters. The van der Waals surface area contributed by atoms with Gasteiger partial charge in [0.25, 0.3) is 0 Å². The van der Waals surface area contributed by atoms with Crippen molar-refractivity contribution in [2.75, 3.05) is 24.6 Å². The van der Waals surface area contributed by atoms with Crippen molar-refractivity contribution in [1.29, 1.82) is 0 Å². The summed E-state index contributed by atoms with van der Waals surface area (Å²) in [5.74, 6) is 1.62. The maximum atomic E-state index is 11.6. The minimum atomic E-state index is -0.230. The van der Waals surface area contributed by atoms with Crippen LogP contribution in [0.4, 0.5) is 5.82 Å². The molecular formula is C14H23N3O2. The fourth-order valence-electron chi connectivity index (χ4n) is 1.71. The summed E-state index contributed by atoms with van der Waals surface area (Å²) in [7, 11) is 0. The molecular weight excluding hydrogens is 242 g/mol. The van der Waals surface area contributed by atoms with Gasteiger partial charge in [-0.2, -0.15) is 0 Å². The lowest BCUT2D eigenvalue weighted by Crippen LogP contribution is -2.32. The van der Waals surface area contributed by atoms with Gasteiger partial charge in [-0.25, -0.2) is 9.97 Å². The van der Waals surface area contributed by atoms with E-state index in [0.717, 1.165) is 17.3 Å². The fourth-order valence-corrected chi connectivity index (χ4v) is 1.71. The standard InChI is InChI=1S/C14H23N3O2/c1-6-17(9-13(18)19-7-2)12-8-11(5)15-14(16-12)10(3)4/h8,10H,6-7,9H2,1-5H3. The first-order chi connectivity index (χ1) is 8.97. The van der Waals surface area contributed by atoms with E-state index in [1.54, 1.807) is 6.92 Å². The number of likely N-dealkylation sites (N-methyl/N-ethyl adjacent to an activating group) is 1. The van der Waals surface area contributed by atoms with Crippen molar-refractivity contribution in [3.63, 3.8) is 0 Å². The van der Waals surface area contributed by atoms with Gasteiger partial charge in [-0.1, -0.05) is 13.8 Å². The molecule has 0 saturated heterocycles. The molecule has 0 spiro atoms. The molecule has 0 aliphatic rings. The van der Waals surface area contributed by atoms with E-state index >= 15 is 0 Å². The van der Waals surface area contributed by atoms with Crippen molar-refractivity contribution in [3.8, 4) is 0 Å². The Bertz CT molecular complexity index is 433. The quantitative estimate of drug-likeness (QED) is 0.739. The lowest BCUT2D eigenvalue weighted by Gasteiger charge is -2.22. The number of nitrogens with zero attached hydrogens (tertiary/aromatic N) is 3. The molecule has 0 aliphatic heterocycles. The van der Waals surface area contributed by atoms with Gasteiger partial charge in [0.15, 0.2) is 0 Å². The Morgan fingerprint density at radius 3 is 2.58 bits per heavy atom. The molecule has 19 heavy (non-hydrogen) atoms. The number of ether oxygens (including phenoxy) is 1. The number of hydrogen-bond acceptors (Lipinski definition) is 5. The molecule has 5 heteroatoms. The number of aryl methyl sites for hydroxylation is 1. The maximum absolute atomic E-state index is 11.6. The third-order valence-electron chi connectivity index (χ3n) is 2.71. The van der Waals surface area contributed by atoms with E-state index in [0.29, 0.717) is 13.2 Å². The van der Waals surface area contributed by atoms with Crippen LogP contribution in [0.25, 0.3) is 0 Å². The van der Waals surface area contributed by atoms with Crippen LogP contribution in [-0.2, 0) is 9.53 Å². The number of rotatable bonds is 6. The van der Waals surface area contributed by atoms with E-state index in [4.69, 9.17) is 4.74 Å². The summed E-state index contributed by atoms with van der Waals surface area (Å²) in [5, 5.41) is 0. The minimum absolute atomic E-state index is 0.221. The zero-order chi connectivity index (χ0) is 14.4. The van der Waals surface area contributed by atoms with Crippen molar-refractivity contribution in [3.05, 3.63) is 17.6 Å². The molecule has 0 radical (unpaired) electrons. The monoisotopic (exact) mass is 265 g/mol. The first-order valence-corrected chi connectivity index (χ1v) is 6.74. The molecule has 0 aliphatic carbocycles. The largest absolute Gasteiger partial charge is 0.465 e. The highest BCUT2D eigenvalue weighted by Crippen LogP contribution is 2.17. The molecule has 0 amide bonds. The Labute approximate surface area is 115 Å². The van der Waals surface area contributed by atoms with Gasteiger partial charge in [0.2, 0.25) is 0 Å². The van der Waals surface area contributed by atoms with E-state index in [1.807, 2.05) is 24.8 Å². The lowest BCUT2D eigenvalue weighted by atomic mass is 10.2. The molecule has 0 aromatic carbocycles. The van der Waals surface area contributed by atoms with Gasteiger partial charge >= 0.3 is 5.97 Å². The number of carbonyl (C=O) groups excluding carboxylic acids is 1. The van der Waals surface area contributed by atoms with Crippen LogP contribution in [0, 0.1) is 6.92 Å². The summed E-state index contributed by atoms with van der Waals surface area (Å²) in [6, 6.07) is 1.90. The molecule has 0 N–H and O–H groups in total. The van der Waals surface area contributed by atoms with Crippen molar-refractivity contribution < 1.29 is 9.53 Å². The van der Waals surface area contributed by atoms with E-state index in [-0.39, 0.29) is 18.4 Å². The molecule has 5 nitrogen and oxygen atoms in total. The third-order valence-corrected chi connectivity index (χ3v) is 2.71. The molecule has 1 rings (SSSR count). The molecule has 0 atom stereocenters. The minimum Gasteiger partial charge on any atom is -0.465 e. The van der Waals surface area contributed by atoms with Gasteiger partial charge in [-0.3, -0.25) is 4.79 Å². The van der Waals surface area contributed by atoms with Gasteiger partial charge < -0.3 is 9.64 Å². The molecule has 0 saturated carbocycles. The average molecular weight is 265 g/mol. The molecule has 1 aromatic rings. The average Bonchev–Trinajstić information content (AvgIpc) is 2.35. The fraction of sp³-hybridized carbons (Fsp3) is 0.643. The van der Waals surface area contributed by atoms with Crippen molar-refractivity contribution in [2.45, 2.75) is 40.5 Å². The lowest BCUT2D eigenvalue weighted by molar-refractivity contribution is -0.141. The summed E-state index contributed by atoms with van der Waals surface area (Å²) >= 11 is 0.